The summed E-state index contributed by atoms with van der Waals surface area (Å²) in [6.45, 7) is 8.57. The van der Waals surface area contributed by atoms with Crippen LogP contribution in [0.4, 0.5) is 0 Å². The second-order valence-electron chi connectivity index (χ2n) is 5.58. The van der Waals surface area contributed by atoms with Crippen molar-refractivity contribution in [2.45, 2.75) is 46.1 Å². The zero-order chi connectivity index (χ0) is 14.4. The maximum atomic E-state index is 12.2. The molecule has 0 heterocycles. The molecule has 0 aliphatic carbocycles. The maximum Gasteiger partial charge on any atom is 0.251 e. The van der Waals surface area contributed by atoms with Gasteiger partial charge in [0.2, 0.25) is 0 Å². The molecule has 19 heavy (non-hydrogen) atoms. The van der Waals surface area contributed by atoms with E-state index in [0.717, 1.165) is 17.3 Å². The zero-order valence-corrected chi connectivity index (χ0v) is 13.8. The van der Waals surface area contributed by atoms with Crippen molar-refractivity contribution >= 4 is 21.8 Å². The number of nitrogens with one attached hydrogen (secondary N) is 1. The first-order valence-electron chi connectivity index (χ1n) is 6.92. The predicted octanol–water partition coefficient (Wildman–Crippen LogP) is 4.35. The minimum absolute atomic E-state index is 0.0231. The lowest BCUT2D eigenvalue weighted by molar-refractivity contribution is 0.0925. The van der Waals surface area contributed by atoms with Gasteiger partial charge in [-0.3, -0.25) is 4.79 Å². The summed E-state index contributed by atoms with van der Waals surface area (Å²) in [7, 11) is 0. The van der Waals surface area contributed by atoms with E-state index in [1.807, 2.05) is 24.3 Å². The van der Waals surface area contributed by atoms with E-state index in [9.17, 15) is 4.79 Å². The SMILES string of the molecule is CC(C)c1ccc(C(=O)NC(CCBr)C(C)C)cc1. The fourth-order valence-corrected chi connectivity index (χ4v) is 2.45. The van der Waals surface area contributed by atoms with E-state index in [2.05, 4.69) is 48.9 Å². The molecule has 1 rings (SSSR count). The van der Waals surface area contributed by atoms with Crippen LogP contribution in [0.2, 0.25) is 0 Å². The Kier molecular flexibility index (Phi) is 6.56. The number of benzene rings is 1. The van der Waals surface area contributed by atoms with Gasteiger partial charge in [-0.05, 0) is 36.0 Å². The van der Waals surface area contributed by atoms with Gasteiger partial charge in [0.05, 0.1) is 0 Å². The third-order valence-corrected chi connectivity index (χ3v) is 3.84. The first-order valence-corrected chi connectivity index (χ1v) is 8.04. The van der Waals surface area contributed by atoms with Crippen molar-refractivity contribution in [1.29, 1.82) is 0 Å². The highest BCUT2D eigenvalue weighted by Crippen LogP contribution is 2.15. The average Bonchev–Trinajstić information content (AvgIpc) is 2.38. The summed E-state index contributed by atoms with van der Waals surface area (Å²) in [6.07, 6.45) is 0.952. The number of rotatable bonds is 6. The molecule has 0 aromatic heterocycles. The Morgan fingerprint density at radius 2 is 1.74 bits per heavy atom. The van der Waals surface area contributed by atoms with Gasteiger partial charge in [-0.15, -0.1) is 0 Å². The number of carbonyl (C=O) groups excluding carboxylic acids is 1. The first kappa shape index (κ1) is 16.2. The lowest BCUT2D eigenvalue weighted by atomic mass is 10.00. The largest absolute Gasteiger partial charge is 0.349 e. The molecule has 1 atom stereocenters. The molecule has 2 nitrogen and oxygen atoms in total. The average molecular weight is 326 g/mol. The van der Waals surface area contributed by atoms with Crippen molar-refractivity contribution in [2.75, 3.05) is 5.33 Å². The molecule has 1 N–H and O–H groups in total. The highest BCUT2D eigenvalue weighted by Gasteiger charge is 2.16. The van der Waals surface area contributed by atoms with Crippen molar-refractivity contribution in [3.63, 3.8) is 0 Å². The Labute approximate surface area is 125 Å². The van der Waals surface area contributed by atoms with E-state index in [1.54, 1.807) is 0 Å². The van der Waals surface area contributed by atoms with Crippen LogP contribution < -0.4 is 5.32 Å². The molecule has 3 heteroatoms. The maximum absolute atomic E-state index is 12.2. The molecule has 0 fully saturated rings. The molecule has 0 radical (unpaired) electrons. The Balaban J connectivity index is 2.71. The fourth-order valence-electron chi connectivity index (χ4n) is 1.96. The summed E-state index contributed by atoms with van der Waals surface area (Å²) in [5, 5.41) is 4.02. The van der Waals surface area contributed by atoms with Crippen LogP contribution in [0.1, 0.15) is 56.0 Å². The Hall–Kier alpha value is -0.830. The van der Waals surface area contributed by atoms with E-state index < -0.39 is 0 Å². The van der Waals surface area contributed by atoms with Crippen molar-refractivity contribution < 1.29 is 4.79 Å². The van der Waals surface area contributed by atoms with Crippen LogP contribution in [0, 0.1) is 5.92 Å². The quantitative estimate of drug-likeness (QED) is 0.774. The molecule has 1 aromatic rings. The number of amides is 1. The molecule has 0 bridgehead atoms. The number of hydrogen-bond acceptors (Lipinski definition) is 1. The third-order valence-electron chi connectivity index (χ3n) is 3.38. The van der Waals surface area contributed by atoms with Gasteiger partial charge in [-0.2, -0.15) is 0 Å². The fraction of sp³-hybridized carbons (Fsp3) is 0.562. The monoisotopic (exact) mass is 325 g/mol. The second kappa shape index (κ2) is 7.68. The summed E-state index contributed by atoms with van der Waals surface area (Å²) >= 11 is 3.44. The Morgan fingerprint density at radius 1 is 1.16 bits per heavy atom. The van der Waals surface area contributed by atoms with Gasteiger partial charge < -0.3 is 5.32 Å². The summed E-state index contributed by atoms with van der Waals surface area (Å²) < 4.78 is 0. The summed E-state index contributed by atoms with van der Waals surface area (Å²) in [5.74, 6) is 0.959. The molecule has 0 aliphatic heterocycles. The van der Waals surface area contributed by atoms with E-state index >= 15 is 0 Å². The Morgan fingerprint density at radius 3 is 2.16 bits per heavy atom. The van der Waals surface area contributed by atoms with Gasteiger partial charge in [0, 0.05) is 16.9 Å². The zero-order valence-electron chi connectivity index (χ0n) is 12.2. The smallest absolute Gasteiger partial charge is 0.251 e. The second-order valence-corrected chi connectivity index (χ2v) is 6.37. The van der Waals surface area contributed by atoms with E-state index in [4.69, 9.17) is 0 Å². The third kappa shape index (κ3) is 4.98. The van der Waals surface area contributed by atoms with E-state index in [0.29, 0.717) is 11.8 Å². The van der Waals surface area contributed by atoms with Gasteiger partial charge in [0.25, 0.3) is 5.91 Å². The summed E-state index contributed by atoms with van der Waals surface area (Å²) in [6, 6.07) is 8.12. The van der Waals surface area contributed by atoms with Crippen molar-refractivity contribution in [3.05, 3.63) is 35.4 Å². The van der Waals surface area contributed by atoms with Gasteiger partial charge in [-0.25, -0.2) is 0 Å². The molecule has 106 valence electrons. The normalized spacial score (nSPS) is 12.8. The van der Waals surface area contributed by atoms with Crippen LogP contribution in [0.25, 0.3) is 0 Å². The van der Waals surface area contributed by atoms with Crippen molar-refractivity contribution in [1.82, 2.24) is 5.32 Å². The van der Waals surface area contributed by atoms with Crippen molar-refractivity contribution in [3.8, 4) is 0 Å². The summed E-state index contributed by atoms with van der Waals surface area (Å²) in [5.41, 5.74) is 2.00. The van der Waals surface area contributed by atoms with Crippen LogP contribution in [-0.2, 0) is 0 Å². The van der Waals surface area contributed by atoms with Crippen LogP contribution in [0.15, 0.2) is 24.3 Å². The lowest BCUT2D eigenvalue weighted by Gasteiger charge is -2.21. The standard InChI is InChI=1S/C16H24BrNO/c1-11(2)13-5-7-14(8-6-13)16(19)18-15(9-10-17)12(3)4/h5-8,11-12,15H,9-10H2,1-4H3,(H,18,19). The molecule has 1 unspecified atom stereocenters. The molecular weight excluding hydrogens is 302 g/mol. The minimum Gasteiger partial charge on any atom is -0.349 e. The minimum atomic E-state index is 0.0231. The highest BCUT2D eigenvalue weighted by atomic mass is 79.9. The van der Waals surface area contributed by atoms with Gasteiger partial charge in [0.15, 0.2) is 0 Å². The molecule has 0 spiro atoms. The number of halogens is 1. The van der Waals surface area contributed by atoms with Gasteiger partial charge in [0.1, 0.15) is 0 Å². The van der Waals surface area contributed by atoms with Crippen molar-refractivity contribution in [2.24, 2.45) is 5.92 Å². The van der Waals surface area contributed by atoms with Crippen LogP contribution in [0.5, 0.6) is 0 Å². The lowest BCUT2D eigenvalue weighted by Crippen LogP contribution is -2.38. The van der Waals surface area contributed by atoms with Gasteiger partial charge in [-0.1, -0.05) is 55.8 Å². The van der Waals surface area contributed by atoms with Crippen LogP contribution in [0.3, 0.4) is 0 Å². The molecule has 1 amide bonds. The van der Waals surface area contributed by atoms with E-state index in [1.165, 1.54) is 5.56 Å². The number of carbonyl (C=O) groups is 1. The predicted molar refractivity (Wildman–Crippen MR) is 85.0 cm³/mol. The summed E-state index contributed by atoms with van der Waals surface area (Å²) in [4.78, 5) is 12.2. The molecular formula is C16H24BrNO. The first-order chi connectivity index (χ1) is 8.95. The molecule has 0 aliphatic rings. The number of hydrogen-bond donors (Lipinski definition) is 1. The molecule has 0 saturated heterocycles. The van der Waals surface area contributed by atoms with Crippen LogP contribution in [-0.4, -0.2) is 17.3 Å². The topological polar surface area (TPSA) is 29.1 Å². The van der Waals surface area contributed by atoms with Gasteiger partial charge >= 0.3 is 0 Å². The Bertz CT molecular complexity index is 398. The van der Waals surface area contributed by atoms with Crippen LogP contribution >= 0.6 is 15.9 Å². The molecule has 1 aromatic carbocycles. The molecule has 0 saturated carbocycles. The van der Waals surface area contributed by atoms with E-state index in [-0.39, 0.29) is 11.9 Å². The highest BCUT2D eigenvalue weighted by molar-refractivity contribution is 9.09. The number of alkyl halides is 1.